The van der Waals surface area contributed by atoms with Gasteiger partial charge in [-0.05, 0) is 37.8 Å². The van der Waals surface area contributed by atoms with Crippen molar-refractivity contribution < 1.29 is 4.74 Å². The molecule has 1 aromatic rings. The molecular weight excluding hydrogens is 234 g/mol. The van der Waals surface area contributed by atoms with E-state index in [2.05, 4.69) is 35.2 Å². The molecule has 1 heterocycles. The van der Waals surface area contributed by atoms with Crippen LogP contribution < -0.4 is 4.90 Å². The highest BCUT2D eigenvalue weighted by Crippen LogP contribution is 2.50. The van der Waals surface area contributed by atoms with Crippen molar-refractivity contribution in [2.75, 3.05) is 18.0 Å². The zero-order valence-corrected chi connectivity index (χ0v) is 11.6. The van der Waals surface area contributed by atoms with Gasteiger partial charge in [0.1, 0.15) is 0 Å². The Hall–Kier alpha value is -1.02. The van der Waals surface area contributed by atoms with E-state index in [1.54, 1.807) is 0 Å². The first-order valence-corrected chi connectivity index (χ1v) is 7.80. The quantitative estimate of drug-likeness (QED) is 0.759. The Labute approximate surface area is 115 Å². The molecule has 2 heteroatoms. The highest BCUT2D eigenvalue weighted by atomic mass is 16.5. The van der Waals surface area contributed by atoms with Crippen LogP contribution in [0.3, 0.4) is 0 Å². The van der Waals surface area contributed by atoms with Gasteiger partial charge in [-0.15, -0.1) is 0 Å². The molecule has 3 aliphatic rings. The maximum absolute atomic E-state index is 6.62. The summed E-state index contributed by atoms with van der Waals surface area (Å²) in [6.45, 7) is 2.19. The van der Waals surface area contributed by atoms with Crippen molar-refractivity contribution >= 4 is 5.69 Å². The molecule has 0 bridgehead atoms. The Morgan fingerprint density at radius 2 is 1.42 bits per heavy atom. The number of benzene rings is 1. The summed E-state index contributed by atoms with van der Waals surface area (Å²) < 4.78 is 6.62. The average molecular weight is 257 g/mol. The van der Waals surface area contributed by atoms with Gasteiger partial charge in [0.05, 0.1) is 11.2 Å². The third kappa shape index (κ3) is 2.16. The predicted octanol–water partition coefficient (Wildman–Crippen LogP) is 3.76. The second-order valence-electron chi connectivity index (χ2n) is 6.72. The molecule has 2 aliphatic carbocycles. The summed E-state index contributed by atoms with van der Waals surface area (Å²) in [5.74, 6) is 0. The first-order chi connectivity index (χ1) is 9.29. The lowest BCUT2D eigenvalue weighted by Gasteiger charge is -2.49. The first kappa shape index (κ1) is 11.8. The van der Waals surface area contributed by atoms with Crippen molar-refractivity contribution in [1.82, 2.24) is 0 Å². The minimum Gasteiger partial charge on any atom is -0.366 e. The van der Waals surface area contributed by atoms with Crippen LogP contribution in [0.4, 0.5) is 5.69 Å². The molecule has 2 spiro atoms. The second-order valence-corrected chi connectivity index (χ2v) is 6.72. The predicted molar refractivity (Wildman–Crippen MR) is 77.5 cm³/mol. The van der Waals surface area contributed by atoms with E-state index in [1.807, 2.05) is 0 Å². The van der Waals surface area contributed by atoms with E-state index in [4.69, 9.17) is 4.74 Å². The van der Waals surface area contributed by atoms with Gasteiger partial charge < -0.3 is 9.64 Å². The van der Waals surface area contributed by atoms with Gasteiger partial charge in [-0.2, -0.15) is 0 Å². The summed E-state index contributed by atoms with van der Waals surface area (Å²) in [7, 11) is 0. The molecule has 1 saturated heterocycles. The van der Waals surface area contributed by atoms with Gasteiger partial charge in [0, 0.05) is 18.8 Å². The normalized spacial score (nSPS) is 27.7. The second kappa shape index (κ2) is 4.24. The van der Waals surface area contributed by atoms with Crippen LogP contribution in [0.25, 0.3) is 0 Å². The summed E-state index contributed by atoms with van der Waals surface area (Å²) in [4.78, 5) is 2.59. The number of rotatable bonds is 1. The maximum atomic E-state index is 6.62. The molecule has 0 radical (unpaired) electrons. The van der Waals surface area contributed by atoms with Crippen LogP contribution in [0.2, 0.25) is 0 Å². The van der Waals surface area contributed by atoms with E-state index in [-0.39, 0.29) is 11.2 Å². The minimum atomic E-state index is 0.156. The molecular formula is C17H23NO. The Kier molecular flexibility index (Phi) is 2.63. The molecule has 0 atom stereocenters. The van der Waals surface area contributed by atoms with Gasteiger partial charge in [-0.25, -0.2) is 0 Å². The van der Waals surface area contributed by atoms with E-state index in [1.165, 1.54) is 50.6 Å². The monoisotopic (exact) mass is 257 g/mol. The lowest BCUT2D eigenvalue weighted by atomic mass is 9.82. The summed E-state index contributed by atoms with van der Waals surface area (Å²) >= 11 is 0. The summed E-state index contributed by atoms with van der Waals surface area (Å²) in [5, 5.41) is 0. The van der Waals surface area contributed by atoms with Gasteiger partial charge in [0.15, 0.2) is 0 Å². The summed E-state index contributed by atoms with van der Waals surface area (Å²) in [5.41, 5.74) is 1.73. The average Bonchev–Trinajstić information content (AvgIpc) is 3.18. The van der Waals surface area contributed by atoms with Crippen LogP contribution in [-0.4, -0.2) is 24.3 Å². The van der Waals surface area contributed by atoms with Gasteiger partial charge >= 0.3 is 0 Å². The molecule has 0 unspecified atom stereocenters. The van der Waals surface area contributed by atoms with Crippen molar-refractivity contribution in [2.45, 2.75) is 56.1 Å². The zero-order valence-electron chi connectivity index (χ0n) is 11.6. The van der Waals surface area contributed by atoms with E-state index >= 15 is 0 Å². The van der Waals surface area contributed by atoms with E-state index in [0.717, 1.165) is 13.1 Å². The van der Waals surface area contributed by atoms with E-state index < -0.39 is 0 Å². The largest absolute Gasteiger partial charge is 0.366 e. The molecule has 2 nitrogen and oxygen atoms in total. The van der Waals surface area contributed by atoms with Crippen LogP contribution in [0.5, 0.6) is 0 Å². The highest BCUT2D eigenvalue weighted by molar-refractivity contribution is 5.48. The lowest BCUT2D eigenvalue weighted by Crippen LogP contribution is -2.57. The molecule has 0 N–H and O–H groups in total. The number of morpholine rings is 1. The van der Waals surface area contributed by atoms with Crippen molar-refractivity contribution in [1.29, 1.82) is 0 Å². The number of nitrogens with zero attached hydrogens (tertiary/aromatic N) is 1. The van der Waals surface area contributed by atoms with Gasteiger partial charge in [0.25, 0.3) is 0 Å². The highest BCUT2D eigenvalue weighted by Gasteiger charge is 2.55. The molecule has 1 aliphatic heterocycles. The lowest BCUT2D eigenvalue weighted by molar-refractivity contribution is -0.137. The maximum Gasteiger partial charge on any atom is 0.0867 e. The Balaban J connectivity index is 1.62. The van der Waals surface area contributed by atoms with Crippen molar-refractivity contribution in [2.24, 2.45) is 0 Å². The molecule has 4 rings (SSSR count). The fourth-order valence-corrected chi connectivity index (χ4v) is 3.95. The number of hydrogen-bond donors (Lipinski definition) is 0. The van der Waals surface area contributed by atoms with Crippen LogP contribution in [0.15, 0.2) is 30.3 Å². The van der Waals surface area contributed by atoms with Crippen LogP contribution in [0, 0.1) is 0 Å². The van der Waals surface area contributed by atoms with Gasteiger partial charge in [-0.3, -0.25) is 0 Å². The smallest absolute Gasteiger partial charge is 0.0867 e. The number of anilines is 1. The van der Waals surface area contributed by atoms with E-state index in [9.17, 15) is 0 Å². The minimum absolute atomic E-state index is 0.156. The van der Waals surface area contributed by atoms with Crippen molar-refractivity contribution in [3.05, 3.63) is 30.3 Å². The van der Waals surface area contributed by atoms with Crippen molar-refractivity contribution in [3.63, 3.8) is 0 Å². The molecule has 0 amide bonds. The van der Waals surface area contributed by atoms with E-state index in [0.29, 0.717) is 0 Å². The Bertz CT molecular complexity index is 446. The number of para-hydroxylation sites is 1. The third-order valence-corrected chi connectivity index (χ3v) is 5.08. The summed E-state index contributed by atoms with van der Waals surface area (Å²) in [6, 6.07) is 10.9. The van der Waals surface area contributed by atoms with Crippen molar-refractivity contribution in [3.8, 4) is 0 Å². The van der Waals surface area contributed by atoms with Crippen LogP contribution in [-0.2, 0) is 4.74 Å². The fourth-order valence-electron chi connectivity index (χ4n) is 3.95. The third-order valence-electron chi connectivity index (χ3n) is 5.08. The fraction of sp³-hybridized carbons (Fsp3) is 0.647. The summed E-state index contributed by atoms with van der Waals surface area (Å²) in [6.07, 6.45) is 9.13. The number of ether oxygens (including phenoxy) is 1. The molecule has 1 aromatic carbocycles. The molecule has 3 fully saturated rings. The zero-order chi connectivity index (χ0) is 12.8. The molecule has 102 valence electrons. The van der Waals surface area contributed by atoms with Crippen LogP contribution in [0.1, 0.15) is 44.9 Å². The molecule has 0 aromatic heterocycles. The molecule has 19 heavy (non-hydrogen) atoms. The standard InChI is InChI=1S/C17H23NO/c1-3-7-15(8-4-1)18-13-16(9-5-2-6-10-16)19-17(14-18)11-12-17/h1,3-4,7-8H,2,5-6,9-14H2. The van der Waals surface area contributed by atoms with Gasteiger partial charge in [-0.1, -0.05) is 37.5 Å². The first-order valence-electron chi connectivity index (χ1n) is 7.80. The Morgan fingerprint density at radius 3 is 2.05 bits per heavy atom. The van der Waals surface area contributed by atoms with Gasteiger partial charge in [0.2, 0.25) is 0 Å². The Morgan fingerprint density at radius 1 is 0.789 bits per heavy atom. The SMILES string of the molecule is c1ccc(N2CC3(CCCCC3)OC3(CC3)C2)cc1. The topological polar surface area (TPSA) is 12.5 Å². The van der Waals surface area contributed by atoms with Crippen LogP contribution >= 0.6 is 0 Å². The number of hydrogen-bond acceptors (Lipinski definition) is 2. The molecule has 2 saturated carbocycles.